The molecule has 1 rings (SSSR count). The summed E-state index contributed by atoms with van der Waals surface area (Å²) in [7, 11) is 0. The van der Waals surface area contributed by atoms with E-state index < -0.39 is 5.60 Å². The Morgan fingerprint density at radius 1 is 1.29 bits per heavy atom. The van der Waals surface area contributed by atoms with Crippen molar-refractivity contribution in [1.82, 2.24) is 0 Å². The predicted octanol–water partition coefficient (Wildman–Crippen LogP) is 4.95. The van der Waals surface area contributed by atoms with Crippen molar-refractivity contribution in [3.63, 3.8) is 0 Å². The first kappa shape index (κ1) is 20.5. The van der Waals surface area contributed by atoms with Crippen LogP contribution in [0.15, 0.2) is 18.2 Å². The first-order valence-corrected chi connectivity index (χ1v) is 9.01. The van der Waals surface area contributed by atoms with Gasteiger partial charge in [0, 0.05) is 12.3 Å². The Morgan fingerprint density at radius 2 is 2.00 bits per heavy atom. The number of rotatable bonds is 10. The minimum absolute atomic E-state index is 0.0898. The van der Waals surface area contributed by atoms with Crippen LogP contribution in [-0.4, -0.2) is 24.7 Å². The van der Waals surface area contributed by atoms with E-state index in [0.29, 0.717) is 19.1 Å². The molecule has 1 aromatic carbocycles. The van der Waals surface area contributed by atoms with Crippen molar-refractivity contribution in [3.05, 3.63) is 23.8 Å². The molecule has 0 spiro atoms. The minimum Gasteiger partial charge on any atom is -0.493 e. The molecule has 0 aromatic heterocycles. The van der Waals surface area contributed by atoms with Crippen molar-refractivity contribution >= 4 is 11.6 Å². The Morgan fingerprint density at radius 3 is 2.54 bits per heavy atom. The van der Waals surface area contributed by atoms with Crippen molar-refractivity contribution in [2.75, 3.05) is 18.5 Å². The highest BCUT2D eigenvalue weighted by Crippen LogP contribution is 2.25. The van der Waals surface area contributed by atoms with E-state index in [-0.39, 0.29) is 5.91 Å². The smallest absolute Gasteiger partial charge is 0.256 e. The summed E-state index contributed by atoms with van der Waals surface area (Å²) in [5.41, 5.74) is 1.00. The Hall–Kier alpha value is -1.55. The lowest BCUT2D eigenvalue weighted by atomic mass is 9.97. The molecule has 0 aliphatic carbocycles. The van der Waals surface area contributed by atoms with Crippen molar-refractivity contribution in [3.8, 4) is 5.75 Å². The molecule has 0 fully saturated rings. The fourth-order valence-corrected chi connectivity index (χ4v) is 2.49. The maximum atomic E-state index is 12.7. The van der Waals surface area contributed by atoms with Crippen molar-refractivity contribution in [2.45, 2.75) is 66.4 Å². The third-order valence-corrected chi connectivity index (χ3v) is 3.96. The number of benzene rings is 1. The molecule has 1 atom stereocenters. The second-order valence-electron chi connectivity index (χ2n) is 6.91. The molecule has 0 radical (unpaired) electrons. The fourth-order valence-electron chi connectivity index (χ4n) is 2.49. The monoisotopic (exact) mass is 335 g/mol. The lowest BCUT2D eigenvalue weighted by molar-refractivity contribution is -0.139. The summed E-state index contributed by atoms with van der Waals surface area (Å²) >= 11 is 0. The Labute approximate surface area is 146 Å². The van der Waals surface area contributed by atoms with Crippen molar-refractivity contribution < 1.29 is 14.3 Å². The first-order chi connectivity index (χ1) is 11.3. The zero-order chi connectivity index (χ0) is 18.2. The second-order valence-corrected chi connectivity index (χ2v) is 6.91. The Balaban J connectivity index is 2.79. The van der Waals surface area contributed by atoms with E-state index in [2.05, 4.69) is 26.1 Å². The molecule has 1 aromatic rings. The summed E-state index contributed by atoms with van der Waals surface area (Å²) in [5, 5.41) is 2.99. The van der Waals surface area contributed by atoms with Gasteiger partial charge in [-0.2, -0.15) is 0 Å². The Bertz CT molecular complexity index is 528. The van der Waals surface area contributed by atoms with Gasteiger partial charge in [-0.1, -0.05) is 33.6 Å². The SMILES string of the molecule is CCCC[C@](C)(OCC)C(=O)Nc1ccc(OCC(C)C)c(C)c1. The summed E-state index contributed by atoms with van der Waals surface area (Å²) < 4.78 is 11.5. The maximum absolute atomic E-state index is 12.7. The van der Waals surface area contributed by atoms with Gasteiger partial charge < -0.3 is 14.8 Å². The number of hydrogen-bond donors (Lipinski definition) is 1. The number of ether oxygens (including phenoxy) is 2. The molecule has 1 amide bonds. The molecular weight excluding hydrogens is 302 g/mol. The molecule has 0 heterocycles. The molecular formula is C20H33NO3. The number of nitrogens with one attached hydrogen (secondary N) is 1. The highest BCUT2D eigenvalue weighted by molar-refractivity contribution is 5.97. The van der Waals surface area contributed by atoms with Gasteiger partial charge in [-0.25, -0.2) is 0 Å². The maximum Gasteiger partial charge on any atom is 0.256 e. The number of carbonyl (C=O) groups is 1. The molecule has 0 saturated heterocycles. The molecule has 24 heavy (non-hydrogen) atoms. The van der Waals surface area contributed by atoms with Crippen LogP contribution in [0.5, 0.6) is 5.75 Å². The average Bonchev–Trinajstić information content (AvgIpc) is 2.52. The summed E-state index contributed by atoms with van der Waals surface area (Å²) in [6.45, 7) is 13.3. The van der Waals surface area contributed by atoms with Gasteiger partial charge in [-0.05, 0) is 56.9 Å². The molecule has 0 saturated carbocycles. The van der Waals surface area contributed by atoms with Crippen LogP contribution >= 0.6 is 0 Å². The molecule has 136 valence electrons. The van der Waals surface area contributed by atoms with Crippen LogP contribution in [0.25, 0.3) is 0 Å². The van der Waals surface area contributed by atoms with Crippen LogP contribution in [0.4, 0.5) is 5.69 Å². The number of hydrogen-bond acceptors (Lipinski definition) is 3. The highest BCUT2D eigenvalue weighted by Gasteiger charge is 2.33. The van der Waals surface area contributed by atoms with Gasteiger partial charge in [0.25, 0.3) is 5.91 Å². The Kier molecular flexibility index (Phi) is 8.26. The number of aryl methyl sites for hydroxylation is 1. The van der Waals surface area contributed by atoms with Gasteiger partial charge in [-0.15, -0.1) is 0 Å². The van der Waals surface area contributed by atoms with Crippen LogP contribution in [0, 0.1) is 12.8 Å². The quantitative estimate of drug-likeness (QED) is 0.658. The average molecular weight is 335 g/mol. The largest absolute Gasteiger partial charge is 0.493 e. The third-order valence-electron chi connectivity index (χ3n) is 3.96. The van der Waals surface area contributed by atoms with Crippen LogP contribution in [0.3, 0.4) is 0 Å². The van der Waals surface area contributed by atoms with E-state index >= 15 is 0 Å². The molecule has 0 aliphatic heterocycles. The second kappa shape index (κ2) is 9.67. The zero-order valence-electron chi connectivity index (χ0n) is 16.1. The van der Waals surface area contributed by atoms with E-state index in [1.54, 1.807) is 0 Å². The lowest BCUT2D eigenvalue weighted by Crippen LogP contribution is -2.42. The van der Waals surface area contributed by atoms with E-state index in [0.717, 1.165) is 36.3 Å². The number of amides is 1. The molecule has 0 aliphatic rings. The van der Waals surface area contributed by atoms with Crippen LogP contribution in [-0.2, 0) is 9.53 Å². The summed E-state index contributed by atoms with van der Waals surface area (Å²) in [5.74, 6) is 1.25. The van der Waals surface area contributed by atoms with E-state index in [1.807, 2.05) is 39.0 Å². The van der Waals surface area contributed by atoms with Gasteiger partial charge in [0.05, 0.1) is 6.61 Å². The minimum atomic E-state index is -0.786. The first-order valence-electron chi connectivity index (χ1n) is 9.01. The van der Waals surface area contributed by atoms with E-state index in [9.17, 15) is 4.79 Å². The van der Waals surface area contributed by atoms with Gasteiger partial charge in [-0.3, -0.25) is 4.79 Å². The number of anilines is 1. The van der Waals surface area contributed by atoms with Gasteiger partial charge >= 0.3 is 0 Å². The fraction of sp³-hybridized carbons (Fsp3) is 0.650. The number of unbranched alkanes of at least 4 members (excludes halogenated alkanes) is 1. The predicted molar refractivity (Wildman–Crippen MR) is 99.7 cm³/mol. The van der Waals surface area contributed by atoms with Crippen LogP contribution in [0.2, 0.25) is 0 Å². The van der Waals surface area contributed by atoms with Crippen molar-refractivity contribution in [1.29, 1.82) is 0 Å². The summed E-state index contributed by atoms with van der Waals surface area (Å²) in [6, 6.07) is 5.74. The van der Waals surface area contributed by atoms with Gasteiger partial charge in [0.1, 0.15) is 11.4 Å². The molecule has 4 heteroatoms. The summed E-state index contributed by atoms with van der Waals surface area (Å²) in [4.78, 5) is 12.7. The molecule has 0 bridgehead atoms. The van der Waals surface area contributed by atoms with Gasteiger partial charge in [0.15, 0.2) is 0 Å². The zero-order valence-corrected chi connectivity index (χ0v) is 16.1. The summed E-state index contributed by atoms with van der Waals surface area (Å²) in [6.07, 6.45) is 2.72. The molecule has 0 unspecified atom stereocenters. The molecule has 4 nitrogen and oxygen atoms in total. The number of carbonyl (C=O) groups excluding carboxylic acids is 1. The lowest BCUT2D eigenvalue weighted by Gasteiger charge is -2.28. The van der Waals surface area contributed by atoms with Crippen LogP contribution < -0.4 is 10.1 Å². The topological polar surface area (TPSA) is 47.6 Å². The van der Waals surface area contributed by atoms with Crippen LogP contribution in [0.1, 0.15) is 59.4 Å². The van der Waals surface area contributed by atoms with Gasteiger partial charge in [0.2, 0.25) is 0 Å². The van der Waals surface area contributed by atoms with E-state index in [4.69, 9.17) is 9.47 Å². The highest BCUT2D eigenvalue weighted by atomic mass is 16.5. The molecule has 1 N–H and O–H groups in total. The third kappa shape index (κ3) is 6.16. The van der Waals surface area contributed by atoms with E-state index in [1.165, 1.54) is 0 Å². The standard InChI is InChI=1S/C20H33NO3/c1-7-9-12-20(6,24-8-2)19(22)21-17-10-11-18(16(5)13-17)23-14-15(3)4/h10-11,13,15H,7-9,12,14H2,1-6H3,(H,21,22)/t20-/m0/s1. The van der Waals surface area contributed by atoms with Crippen molar-refractivity contribution in [2.24, 2.45) is 5.92 Å². The normalized spacial score (nSPS) is 13.6.